The third-order valence-electron chi connectivity index (χ3n) is 2.91. The van der Waals surface area contributed by atoms with Crippen molar-refractivity contribution in [1.82, 2.24) is 19.7 Å². The zero-order valence-corrected chi connectivity index (χ0v) is 12.7. The highest BCUT2D eigenvalue weighted by molar-refractivity contribution is 7.99. The molecule has 0 aliphatic heterocycles. The molecule has 1 amide bonds. The van der Waals surface area contributed by atoms with Gasteiger partial charge in [-0.1, -0.05) is 42.1 Å². The van der Waals surface area contributed by atoms with Crippen molar-refractivity contribution in [3.05, 3.63) is 41.7 Å². The van der Waals surface area contributed by atoms with Crippen molar-refractivity contribution in [2.75, 3.05) is 19.8 Å². The van der Waals surface area contributed by atoms with Crippen LogP contribution in [0.2, 0.25) is 0 Å². The minimum absolute atomic E-state index is 0.0712. The maximum Gasteiger partial charge on any atom is 0.232 e. The summed E-state index contributed by atoms with van der Waals surface area (Å²) in [6.45, 7) is 2.64. The second kappa shape index (κ2) is 6.56. The highest BCUT2D eigenvalue weighted by Gasteiger charge is 2.12. The highest BCUT2D eigenvalue weighted by atomic mass is 32.2. The van der Waals surface area contributed by atoms with Crippen molar-refractivity contribution < 1.29 is 4.79 Å². The number of carbonyl (C=O) groups is 1. The molecule has 0 unspecified atom stereocenters. The summed E-state index contributed by atoms with van der Waals surface area (Å²) in [5.41, 5.74) is 1.19. The summed E-state index contributed by atoms with van der Waals surface area (Å²) in [6.07, 6.45) is 0. The van der Waals surface area contributed by atoms with Gasteiger partial charge >= 0.3 is 0 Å². The largest absolute Gasteiger partial charge is 0.348 e. The molecule has 0 bridgehead atoms. The van der Waals surface area contributed by atoms with Gasteiger partial charge in [-0.2, -0.15) is 0 Å². The number of aryl methyl sites for hydroxylation is 1. The number of carbonyl (C=O) groups excluding carboxylic acids is 1. The second-order valence-electron chi connectivity index (χ2n) is 4.68. The number of rotatable bonds is 5. The fourth-order valence-corrected chi connectivity index (χ4v) is 2.63. The van der Waals surface area contributed by atoms with Crippen LogP contribution in [0, 0.1) is 6.92 Å². The van der Waals surface area contributed by atoms with Crippen molar-refractivity contribution in [2.24, 2.45) is 0 Å². The van der Waals surface area contributed by atoms with Gasteiger partial charge in [0, 0.05) is 14.1 Å². The van der Waals surface area contributed by atoms with Gasteiger partial charge < -0.3 is 9.47 Å². The van der Waals surface area contributed by atoms with E-state index >= 15 is 0 Å². The fraction of sp³-hybridized carbons (Fsp3) is 0.357. The predicted molar refractivity (Wildman–Crippen MR) is 79.7 cm³/mol. The smallest absolute Gasteiger partial charge is 0.232 e. The van der Waals surface area contributed by atoms with Crippen molar-refractivity contribution in [3.63, 3.8) is 0 Å². The van der Waals surface area contributed by atoms with E-state index in [0.29, 0.717) is 5.75 Å². The molecule has 0 saturated carbocycles. The molecular formula is C14H18N4OS. The monoisotopic (exact) mass is 290 g/mol. The summed E-state index contributed by atoms with van der Waals surface area (Å²) in [4.78, 5) is 13.2. The first-order chi connectivity index (χ1) is 9.58. The Morgan fingerprint density at radius 3 is 2.60 bits per heavy atom. The first-order valence-electron chi connectivity index (χ1n) is 6.34. The maximum atomic E-state index is 11.6. The zero-order chi connectivity index (χ0) is 14.5. The molecule has 1 aromatic heterocycles. The molecule has 1 heterocycles. The van der Waals surface area contributed by atoms with Gasteiger partial charge in [0.25, 0.3) is 0 Å². The molecule has 2 rings (SSSR count). The lowest BCUT2D eigenvalue weighted by Gasteiger charge is -2.11. The Morgan fingerprint density at radius 2 is 1.95 bits per heavy atom. The van der Waals surface area contributed by atoms with Crippen molar-refractivity contribution >= 4 is 17.7 Å². The van der Waals surface area contributed by atoms with Crippen LogP contribution in [-0.2, 0) is 11.3 Å². The van der Waals surface area contributed by atoms with Crippen molar-refractivity contribution in [2.45, 2.75) is 18.6 Å². The average Bonchev–Trinajstić information content (AvgIpc) is 2.78. The summed E-state index contributed by atoms with van der Waals surface area (Å²) >= 11 is 1.42. The van der Waals surface area contributed by atoms with Gasteiger partial charge in [0.1, 0.15) is 5.82 Å². The van der Waals surface area contributed by atoms with Crippen LogP contribution in [0.15, 0.2) is 35.5 Å². The molecule has 0 radical (unpaired) electrons. The van der Waals surface area contributed by atoms with Crippen LogP contribution >= 0.6 is 11.8 Å². The molecule has 2 aromatic rings. The maximum absolute atomic E-state index is 11.6. The average molecular weight is 290 g/mol. The first-order valence-corrected chi connectivity index (χ1v) is 7.33. The molecule has 0 atom stereocenters. The summed E-state index contributed by atoms with van der Waals surface area (Å²) < 4.78 is 2.03. The first kappa shape index (κ1) is 14.6. The molecule has 5 nitrogen and oxygen atoms in total. The van der Waals surface area contributed by atoms with Crippen LogP contribution in [0.25, 0.3) is 0 Å². The lowest BCUT2D eigenvalue weighted by atomic mass is 10.2. The van der Waals surface area contributed by atoms with Crippen LogP contribution in [0.5, 0.6) is 0 Å². The molecule has 0 aliphatic rings. The second-order valence-corrected chi connectivity index (χ2v) is 5.62. The van der Waals surface area contributed by atoms with Gasteiger partial charge in [0.05, 0.1) is 12.3 Å². The molecule has 20 heavy (non-hydrogen) atoms. The summed E-state index contributed by atoms with van der Waals surface area (Å²) in [5, 5.41) is 9.03. The Hall–Kier alpha value is -1.82. The Morgan fingerprint density at radius 1 is 1.25 bits per heavy atom. The summed E-state index contributed by atoms with van der Waals surface area (Å²) in [7, 11) is 3.51. The molecule has 1 aromatic carbocycles. The van der Waals surface area contributed by atoms with Crippen molar-refractivity contribution in [1.29, 1.82) is 0 Å². The lowest BCUT2D eigenvalue weighted by Crippen LogP contribution is -2.23. The summed E-state index contributed by atoms with van der Waals surface area (Å²) in [5.74, 6) is 1.30. The fourth-order valence-electron chi connectivity index (χ4n) is 1.67. The lowest BCUT2D eigenvalue weighted by molar-refractivity contribution is -0.125. The van der Waals surface area contributed by atoms with Crippen molar-refractivity contribution in [3.8, 4) is 0 Å². The summed E-state index contributed by atoms with van der Waals surface area (Å²) in [6, 6.07) is 10.2. The Labute approximate surface area is 123 Å². The van der Waals surface area contributed by atoms with E-state index < -0.39 is 0 Å². The van der Waals surface area contributed by atoms with Crippen LogP contribution in [0.4, 0.5) is 0 Å². The molecule has 0 fully saturated rings. The van der Waals surface area contributed by atoms with E-state index in [0.717, 1.165) is 17.5 Å². The third kappa shape index (κ3) is 3.60. The SMILES string of the molecule is Cc1nnc(SCC(=O)N(C)C)n1Cc1ccccc1. The number of nitrogens with zero attached hydrogens (tertiary/aromatic N) is 4. The zero-order valence-electron chi connectivity index (χ0n) is 11.9. The number of benzene rings is 1. The van der Waals surface area contributed by atoms with Gasteiger partial charge in [-0.05, 0) is 12.5 Å². The van der Waals surface area contributed by atoms with E-state index in [4.69, 9.17) is 0 Å². The van der Waals surface area contributed by atoms with E-state index in [1.54, 1.807) is 19.0 Å². The Bertz CT molecular complexity index is 580. The number of aromatic nitrogens is 3. The van der Waals surface area contributed by atoms with E-state index in [1.165, 1.54) is 17.3 Å². The standard InChI is InChI=1S/C14H18N4OS/c1-11-15-16-14(20-10-13(19)17(2)3)18(11)9-12-7-5-4-6-8-12/h4-8H,9-10H2,1-3H3. The normalized spacial score (nSPS) is 10.6. The number of thioether (sulfide) groups is 1. The van der Waals surface area contributed by atoms with Gasteiger partial charge in [0.15, 0.2) is 5.16 Å². The topological polar surface area (TPSA) is 51.0 Å². The number of amides is 1. The minimum Gasteiger partial charge on any atom is -0.348 e. The van der Waals surface area contributed by atoms with E-state index in [1.807, 2.05) is 29.7 Å². The molecular weight excluding hydrogens is 272 g/mol. The number of hydrogen-bond donors (Lipinski definition) is 0. The third-order valence-corrected chi connectivity index (χ3v) is 3.86. The molecule has 106 valence electrons. The van der Waals surface area contributed by atoms with Crippen LogP contribution in [-0.4, -0.2) is 45.4 Å². The quantitative estimate of drug-likeness (QED) is 0.788. The van der Waals surface area contributed by atoms with E-state index in [9.17, 15) is 4.79 Å². The van der Waals surface area contributed by atoms with Gasteiger partial charge in [-0.15, -0.1) is 10.2 Å². The molecule has 0 aliphatic carbocycles. The molecule has 6 heteroatoms. The minimum atomic E-state index is 0.0712. The van der Waals surface area contributed by atoms with Gasteiger partial charge in [-0.25, -0.2) is 0 Å². The Balaban J connectivity index is 2.09. The molecule has 0 spiro atoms. The molecule has 0 N–H and O–H groups in total. The number of hydrogen-bond acceptors (Lipinski definition) is 4. The molecule has 0 saturated heterocycles. The highest BCUT2D eigenvalue weighted by Crippen LogP contribution is 2.18. The Kier molecular flexibility index (Phi) is 4.79. The van der Waals surface area contributed by atoms with Crippen LogP contribution in [0.3, 0.4) is 0 Å². The van der Waals surface area contributed by atoms with Gasteiger partial charge in [-0.3, -0.25) is 4.79 Å². The van der Waals surface area contributed by atoms with E-state index in [-0.39, 0.29) is 5.91 Å². The van der Waals surface area contributed by atoms with Gasteiger partial charge in [0.2, 0.25) is 5.91 Å². The van der Waals surface area contributed by atoms with Crippen LogP contribution < -0.4 is 0 Å². The van der Waals surface area contributed by atoms with Crippen LogP contribution in [0.1, 0.15) is 11.4 Å². The predicted octanol–water partition coefficient (Wildman–Crippen LogP) is 1.82. The van der Waals surface area contributed by atoms with E-state index in [2.05, 4.69) is 22.3 Å².